The molecule has 8 nitrogen and oxygen atoms in total. The summed E-state index contributed by atoms with van der Waals surface area (Å²) >= 11 is 6.04. The Morgan fingerprint density at radius 1 is 1.03 bits per heavy atom. The highest BCUT2D eigenvalue weighted by Gasteiger charge is 2.15. The van der Waals surface area contributed by atoms with Crippen molar-refractivity contribution in [2.75, 3.05) is 19.5 Å². The minimum absolute atomic E-state index is 0.568. The molecule has 1 N–H and O–H groups in total. The molecular formula is C21H21ClN6O2. The van der Waals surface area contributed by atoms with E-state index in [9.17, 15) is 0 Å². The molecule has 2 heterocycles. The third-order valence-electron chi connectivity index (χ3n) is 4.60. The zero-order valence-corrected chi connectivity index (χ0v) is 17.8. The molecule has 0 aliphatic rings. The van der Waals surface area contributed by atoms with Crippen LogP contribution in [0.2, 0.25) is 5.02 Å². The summed E-state index contributed by atoms with van der Waals surface area (Å²) in [5.74, 6) is 2.46. The number of nitrogens with zero attached hydrogens (tertiary/aromatic N) is 5. The van der Waals surface area contributed by atoms with Gasteiger partial charge in [-0.05, 0) is 37.3 Å². The molecular weight excluding hydrogens is 404 g/mol. The van der Waals surface area contributed by atoms with Gasteiger partial charge in [0.1, 0.15) is 11.5 Å². The van der Waals surface area contributed by atoms with Gasteiger partial charge in [-0.25, -0.2) is 9.67 Å². The summed E-state index contributed by atoms with van der Waals surface area (Å²) in [4.78, 5) is 8.91. The van der Waals surface area contributed by atoms with Crippen molar-refractivity contribution in [1.82, 2.24) is 24.3 Å². The molecule has 154 valence electrons. The predicted molar refractivity (Wildman–Crippen MR) is 116 cm³/mol. The van der Waals surface area contributed by atoms with Crippen LogP contribution in [0.1, 0.15) is 5.69 Å². The lowest BCUT2D eigenvalue weighted by Gasteiger charge is -2.10. The number of aromatic nitrogens is 5. The Morgan fingerprint density at radius 2 is 1.83 bits per heavy atom. The molecule has 0 saturated heterocycles. The van der Waals surface area contributed by atoms with E-state index in [0.29, 0.717) is 28.3 Å². The number of aryl methyl sites for hydroxylation is 2. The van der Waals surface area contributed by atoms with Crippen LogP contribution >= 0.6 is 11.6 Å². The van der Waals surface area contributed by atoms with Gasteiger partial charge < -0.3 is 19.4 Å². The van der Waals surface area contributed by atoms with Gasteiger partial charge in [0.2, 0.25) is 5.95 Å². The minimum atomic E-state index is 0.568. The SMILES string of the molecule is COc1cc(Cl)ccc1Nc1nc(-c2ccc(-n3cnc(C)c3)c(OC)c2)nn1C. The molecule has 0 saturated carbocycles. The number of ether oxygens (including phenoxy) is 2. The number of methoxy groups -OCH3 is 2. The molecule has 0 bridgehead atoms. The first-order chi connectivity index (χ1) is 14.5. The summed E-state index contributed by atoms with van der Waals surface area (Å²) in [5, 5.41) is 8.37. The number of nitrogens with one attached hydrogen (secondary N) is 1. The molecule has 0 aliphatic heterocycles. The molecule has 4 rings (SSSR count). The van der Waals surface area contributed by atoms with Crippen molar-refractivity contribution in [3.05, 3.63) is 59.6 Å². The van der Waals surface area contributed by atoms with E-state index in [1.807, 2.05) is 49.0 Å². The Hall–Kier alpha value is -3.52. The lowest BCUT2D eigenvalue weighted by Crippen LogP contribution is -2.01. The van der Waals surface area contributed by atoms with E-state index in [0.717, 1.165) is 22.6 Å². The van der Waals surface area contributed by atoms with Crippen LogP contribution in [0.4, 0.5) is 11.6 Å². The lowest BCUT2D eigenvalue weighted by atomic mass is 10.1. The summed E-state index contributed by atoms with van der Waals surface area (Å²) in [6, 6.07) is 11.2. The quantitative estimate of drug-likeness (QED) is 0.494. The van der Waals surface area contributed by atoms with Crippen molar-refractivity contribution in [2.24, 2.45) is 7.05 Å². The fourth-order valence-corrected chi connectivity index (χ4v) is 3.25. The molecule has 0 amide bonds. The highest BCUT2D eigenvalue weighted by molar-refractivity contribution is 6.30. The van der Waals surface area contributed by atoms with E-state index in [-0.39, 0.29) is 0 Å². The van der Waals surface area contributed by atoms with Crippen molar-refractivity contribution in [3.8, 4) is 28.6 Å². The highest BCUT2D eigenvalue weighted by atomic mass is 35.5. The Labute approximate surface area is 179 Å². The second-order valence-electron chi connectivity index (χ2n) is 6.66. The third-order valence-corrected chi connectivity index (χ3v) is 4.84. The maximum atomic E-state index is 6.04. The van der Waals surface area contributed by atoms with Gasteiger partial charge in [-0.15, -0.1) is 5.10 Å². The summed E-state index contributed by atoms with van der Waals surface area (Å²) in [6.07, 6.45) is 3.70. The van der Waals surface area contributed by atoms with Crippen molar-refractivity contribution in [2.45, 2.75) is 6.92 Å². The van der Waals surface area contributed by atoms with Crippen LogP contribution < -0.4 is 14.8 Å². The van der Waals surface area contributed by atoms with Crippen LogP contribution in [0, 0.1) is 6.92 Å². The number of hydrogen-bond acceptors (Lipinski definition) is 6. The second-order valence-corrected chi connectivity index (χ2v) is 7.10. The molecule has 2 aromatic carbocycles. The highest BCUT2D eigenvalue weighted by Crippen LogP contribution is 2.32. The first-order valence-electron chi connectivity index (χ1n) is 9.19. The molecule has 0 aliphatic carbocycles. The van der Waals surface area contributed by atoms with Crippen molar-refractivity contribution in [3.63, 3.8) is 0 Å². The van der Waals surface area contributed by atoms with Gasteiger partial charge in [0.05, 0.1) is 37.6 Å². The van der Waals surface area contributed by atoms with Gasteiger partial charge in [-0.3, -0.25) is 0 Å². The van der Waals surface area contributed by atoms with E-state index in [1.165, 1.54) is 0 Å². The topological polar surface area (TPSA) is 79.0 Å². The van der Waals surface area contributed by atoms with Crippen LogP contribution in [-0.2, 0) is 7.05 Å². The van der Waals surface area contributed by atoms with Gasteiger partial charge in [-0.2, -0.15) is 4.98 Å². The van der Waals surface area contributed by atoms with Crippen LogP contribution in [0.25, 0.3) is 17.1 Å². The number of anilines is 2. The van der Waals surface area contributed by atoms with Gasteiger partial charge >= 0.3 is 0 Å². The van der Waals surface area contributed by atoms with Gasteiger partial charge in [0.25, 0.3) is 0 Å². The smallest absolute Gasteiger partial charge is 0.226 e. The second kappa shape index (κ2) is 8.08. The van der Waals surface area contributed by atoms with E-state index in [2.05, 4.69) is 20.4 Å². The maximum Gasteiger partial charge on any atom is 0.226 e. The summed E-state index contributed by atoms with van der Waals surface area (Å²) in [7, 11) is 5.05. The van der Waals surface area contributed by atoms with Crippen molar-refractivity contribution >= 4 is 23.2 Å². The average molecular weight is 425 g/mol. The zero-order chi connectivity index (χ0) is 21.3. The van der Waals surface area contributed by atoms with E-state index >= 15 is 0 Å². The maximum absolute atomic E-state index is 6.04. The van der Waals surface area contributed by atoms with Crippen molar-refractivity contribution < 1.29 is 9.47 Å². The van der Waals surface area contributed by atoms with Gasteiger partial charge in [-0.1, -0.05) is 11.6 Å². The van der Waals surface area contributed by atoms with E-state index in [4.69, 9.17) is 21.1 Å². The third kappa shape index (κ3) is 3.81. The first-order valence-corrected chi connectivity index (χ1v) is 9.57. The molecule has 0 spiro atoms. The van der Waals surface area contributed by atoms with Crippen LogP contribution in [0.15, 0.2) is 48.9 Å². The van der Waals surface area contributed by atoms with E-state index < -0.39 is 0 Å². The summed E-state index contributed by atoms with van der Waals surface area (Å²) in [6.45, 7) is 1.94. The Bertz CT molecular complexity index is 1200. The number of hydrogen-bond donors (Lipinski definition) is 1. The van der Waals surface area contributed by atoms with Crippen LogP contribution in [-0.4, -0.2) is 38.5 Å². The molecule has 0 fully saturated rings. The number of benzene rings is 2. The minimum Gasteiger partial charge on any atom is -0.495 e. The van der Waals surface area contributed by atoms with Crippen LogP contribution in [0.5, 0.6) is 11.5 Å². The van der Waals surface area contributed by atoms with Gasteiger partial charge in [0.15, 0.2) is 5.82 Å². The standard InChI is InChI=1S/C21H21ClN6O2/c1-13-11-28(12-23-13)17-8-5-14(9-19(17)30-4)20-25-21(27(2)26-20)24-16-7-6-15(22)10-18(16)29-3/h5-12H,1-4H3,(H,24,25,26). The lowest BCUT2D eigenvalue weighted by molar-refractivity contribution is 0.413. The molecule has 9 heteroatoms. The molecule has 4 aromatic rings. The van der Waals surface area contributed by atoms with E-state index in [1.54, 1.807) is 37.4 Å². The molecule has 0 radical (unpaired) electrons. The normalized spacial score (nSPS) is 10.8. The number of rotatable bonds is 6. The molecule has 30 heavy (non-hydrogen) atoms. The summed E-state index contributed by atoms with van der Waals surface area (Å²) in [5.41, 5.74) is 3.40. The first kappa shape index (κ1) is 19.8. The van der Waals surface area contributed by atoms with Crippen molar-refractivity contribution in [1.29, 1.82) is 0 Å². The Balaban J connectivity index is 1.66. The average Bonchev–Trinajstić information content (AvgIpc) is 3.34. The molecule has 2 aromatic heterocycles. The fourth-order valence-electron chi connectivity index (χ4n) is 3.09. The predicted octanol–water partition coefficient (Wildman–Crippen LogP) is 4.39. The number of imidazole rings is 1. The summed E-state index contributed by atoms with van der Waals surface area (Å²) < 4.78 is 14.6. The molecule has 0 atom stereocenters. The zero-order valence-electron chi connectivity index (χ0n) is 17.0. The monoisotopic (exact) mass is 424 g/mol. The fraction of sp³-hybridized carbons (Fsp3) is 0.190. The Morgan fingerprint density at radius 3 is 2.53 bits per heavy atom. The van der Waals surface area contributed by atoms with Gasteiger partial charge in [0, 0.05) is 29.9 Å². The Kier molecular flexibility index (Phi) is 5.33. The largest absolute Gasteiger partial charge is 0.495 e. The number of halogens is 1. The molecule has 0 unspecified atom stereocenters. The van der Waals surface area contributed by atoms with Crippen LogP contribution in [0.3, 0.4) is 0 Å².